The van der Waals surface area contributed by atoms with Gasteiger partial charge in [-0.1, -0.05) is 12.1 Å². The molecule has 1 aliphatic heterocycles. The zero-order chi connectivity index (χ0) is 21.1. The maximum absolute atomic E-state index is 11.9. The Morgan fingerprint density at radius 1 is 1.27 bits per heavy atom. The van der Waals surface area contributed by atoms with Gasteiger partial charge in [0.05, 0.1) is 24.2 Å². The molecule has 2 aromatic heterocycles. The van der Waals surface area contributed by atoms with Crippen LogP contribution < -0.4 is 0 Å². The number of rotatable bonds is 7. The largest absolute Gasteiger partial charge is 0.480 e. The third kappa shape index (κ3) is 4.20. The third-order valence-corrected chi connectivity index (χ3v) is 7.21. The lowest BCUT2D eigenvalue weighted by molar-refractivity contribution is -0.143. The summed E-state index contributed by atoms with van der Waals surface area (Å²) in [6, 6.07) is 9.45. The van der Waals surface area contributed by atoms with Crippen molar-refractivity contribution in [1.29, 1.82) is 0 Å². The van der Waals surface area contributed by atoms with Crippen molar-refractivity contribution in [1.82, 2.24) is 18.8 Å². The molecule has 1 unspecified atom stereocenters. The van der Waals surface area contributed by atoms with Crippen LogP contribution in [0.1, 0.15) is 5.56 Å². The van der Waals surface area contributed by atoms with Crippen LogP contribution in [0.4, 0.5) is 0 Å². The fourth-order valence-electron chi connectivity index (χ4n) is 3.63. The number of carboxylic acids is 1. The minimum absolute atomic E-state index is 0.471. The number of carboxylic acid groups (broad SMARTS) is 1. The maximum atomic E-state index is 11.9. The first kappa shape index (κ1) is 21.2. The summed E-state index contributed by atoms with van der Waals surface area (Å²) in [7, 11) is 0. The zero-order valence-electron chi connectivity index (χ0n) is 16.9. The van der Waals surface area contributed by atoms with Crippen molar-refractivity contribution in [3.63, 3.8) is 0 Å². The lowest BCUT2D eigenvalue weighted by Crippen LogP contribution is -2.48. The molecule has 0 saturated carbocycles. The number of fused-ring (bicyclic) bond motifs is 1. The van der Waals surface area contributed by atoms with Gasteiger partial charge in [-0.25, -0.2) is 4.98 Å². The van der Waals surface area contributed by atoms with Gasteiger partial charge in [0.25, 0.3) is 0 Å². The molecule has 0 bridgehead atoms. The number of para-hydroxylation sites is 2. The monoisotopic (exact) mass is 444 g/mol. The molecule has 30 heavy (non-hydrogen) atoms. The first-order valence-electron chi connectivity index (χ1n) is 9.75. The van der Waals surface area contributed by atoms with Crippen LogP contribution in [-0.4, -0.2) is 74.3 Å². The standard InChI is InChI=1S/C21H24N4O3S2/c1-14-18(30-13-17(21(26)27)24-9-11-28-12-10-24)7-8-22-19(14)20-23-15-5-3-4-6-16(15)25(20)29-2/h3-8,17H,9-13H2,1-2H3,(H,26,27). The van der Waals surface area contributed by atoms with E-state index in [4.69, 9.17) is 9.72 Å². The van der Waals surface area contributed by atoms with E-state index >= 15 is 0 Å². The van der Waals surface area contributed by atoms with Gasteiger partial charge in [-0.05, 0) is 42.6 Å². The number of hydrogen-bond acceptors (Lipinski definition) is 7. The summed E-state index contributed by atoms with van der Waals surface area (Å²) in [5.41, 5.74) is 3.82. The molecule has 0 amide bonds. The molecule has 4 rings (SSSR count). The molecule has 158 valence electrons. The molecule has 3 aromatic rings. The number of aromatic nitrogens is 3. The SMILES string of the molecule is CSn1c(-c2nccc(SCC(C(=O)O)N3CCOCC3)c2C)nc2ccccc21. The third-order valence-electron chi connectivity index (χ3n) is 5.24. The fourth-order valence-corrected chi connectivity index (χ4v) is 5.44. The minimum atomic E-state index is -0.791. The van der Waals surface area contributed by atoms with Gasteiger partial charge in [-0.15, -0.1) is 11.8 Å². The number of thioether (sulfide) groups is 1. The Hall–Kier alpha value is -2.07. The molecule has 1 aromatic carbocycles. The topological polar surface area (TPSA) is 80.5 Å². The Bertz CT molecular complexity index is 1050. The van der Waals surface area contributed by atoms with Crippen molar-refractivity contribution in [3.8, 4) is 11.5 Å². The molecule has 0 spiro atoms. The maximum Gasteiger partial charge on any atom is 0.321 e. The van der Waals surface area contributed by atoms with Crippen molar-refractivity contribution in [2.45, 2.75) is 17.9 Å². The van der Waals surface area contributed by atoms with Gasteiger partial charge in [0.1, 0.15) is 11.7 Å². The second-order valence-corrected chi connectivity index (χ2v) is 8.79. The van der Waals surface area contributed by atoms with Gasteiger partial charge in [0.2, 0.25) is 0 Å². The molecule has 1 atom stereocenters. The van der Waals surface area contributed by atoms with Gasteiger partial charge in [0, 0.05) is 36.2 Å². The molecule has 1 fully saturated rings. The van der Waals surface area contributed by atoms with Crippen molar-refractivity contribution in [2.24, 2.45) is 0 Å². The normalized spacial score (nSPS) is 16.1. The van der Waals surface area contributed by atoms with E-state index in [-0.39, 0.29) is 0 Å². The van der Waals surface area contributed by atoms with Crippen LogP contribution >= 0.6 is 23.7 Å². The summed E-state index contributed by atoms with van der Waals surface area (Å²) in [4.78, 5) is 24.3. The summed E-state index contributed by atoms with van der Waals surface area (Å²) in [6.45, 7) is 4.49. The molecule has 9 heteroatoms. The number of benzene rings is 1. The first-order valence-corrected chi connectivity index (χ1v) is 11.9. The predicted molar refractivity (Wildman–Crippen MR) is 121 cm³/mol. The van der Waals surface area contributed by atoms with Crippen LogP contribution in [0.5, 0.6) is 0 Å². The van der Waals surface area contributed by atoms with Gasteiger partial charge in [-0.2, -0.15) is 0 Å². The number of nitrogens with zero attached hydrogens (tertiary/aromatic N) is 4. The smallest absolute Gasteiger partial charge is 0.321 e. The molecule has 0 aliphatic carbocycles. The summed E-state index contributed by atoms with van der Waals surface area (Å²) in [6.07, 6.45) is 3.80. The summed E-state index contributed by atoms with van der Waals surface area (Å²) in [5, 5.41) is 9.73. The molecule has 1 saturated heterocycles. The van der Waals surface area contributed by atoms with Gasteiger partial charge < -0.3 is 9.84 Å². The van der Waals surface area contributed by atoms with E-state index in [0.717, 1.165) is 33.0 Å². The van der Waals surface area contributed by atoms with Crippen molar-refractivity contribution >= 4 is 40.7 Å². The van der Waals surface area contributed by atoms with Crippen molar-refractivity contribution < 1.29 is 14.6 Å². The first-order chi connectivity index (χ1) is 14.6. The van der Waals surface area contributed by atoms with E-state index in [1.165, 1.54) is 0 Å². The number of aliphatic carboxylic acids is 1. The quantitative estimate of drug-likeness (QED) is 0.556. The van der Waals surface area contributed by atoms with Crippen LogP contribution in [0.25, 0.3) is 22.6 Å². The number of ether oxygens (including phenoxy) is 1. The molecule has 0 radical (unpaired) electrons. The molecule has 1 aliphatic rings. The van der Waals surface area contributed by atoms with Gasteiger partial charge in [-0.3, -0.25) is 18.7 Å². The number of hydrogen-bond donors (Lipinski definition) is 1. The average molecular weight is 445 g/mol. The van der Waals surface area contributed by atoms with Crippen LogP contribution in [0.2, 0.25) is 0 Å². The number of pyridine rings is 1. The lowest BCUT2D eigenvalue weighted by Gasteiger charge is -2.31. The summed E-state index contributed by atoms with van der Waals surface area (Å²) in [5.74, 6) is 0.491. The molecular formula is C21H24N4O3S2. The molecule has 7 nitrogen and oxygen atoms in total. The van der Waals surface area contributed by atoms with Crippen LogP contribution in [-0.2, 0) is 9.53 Å². The molecule has 3 heterocycles. The average Bonchev–Trinajstić information content (AvgIpc) is 3.14. The zero-order valence-corrected chi connectivity index (χ0v) is 18.6. The van der Waals surface area contributed by atoms with E-state index in [9.17, 15) is 9.90 Å². The highest BCUT2D eigenvalue weighted by molar-refractivity contribution is 7.99. The number of carbonyl (C=O) groups is 1. The second kappa shape index (κ2) is 9.38. The van der Waals surface area contributed by atoms with Crippen molar-refractivity contribution in [3.05, 3.63) is 42.1 Å². The minimum Gasteiger partial charge on any atom is -0.480 e. The Kier molecular flexibility index (Phi) is 6.62. The Morgan fingerprint density at radius 2 is 2.03 bits per heavy atom. The predicted octanol–water partition coefficient (Wildman–Crippen LogP) is 3.41. The second-order valence-electron chi connectivity index (χ2n) is 7.00. The summed E-state index contributed by atoms with van der Waals surface area (Å²) < 4.78 is 7.45. The van der Waals surface area contributed by atoms with Crippen LogP contribution in [0.3, 0.4) is 0 Å². The van der Waals surface area contributed by atoms with E-state index in [2.05, 4.69) is 15.0 Å². The van der Waals surface area contributed by atoms with E-state index < -0.39 is 12.0 Å². The lowest BCUT2D eigenvalue weighted by atomic mass is 10.2. The van der Waals surface area contributed by atoms with E-state index in [1.54, 1.807) is 29.9 Å². The van der Waals surface area contributed by atoms with Gasteiger partial charge >= 0.3 is 5.97 Å². The van der Waals surface area contributed by atoms with E-state index in [1.807, 2.05) is 42.3 Å². The highest BCUT2D eigenvalue weighted by Crippen LogP contribution is 2.33. The Balaban J connectivity index is 1.61. The fraction of sp³-hybridized carbons (Fsp3) is 0.381. The van der Waals surface area contributed by atoms with Gasteiger partial charge in [0.15, 0.2) is 5.82 Å². The van der Waals surface area contributed by atoms with Crippen LogP contribution in [0, 0.1) is 6.92 Å². The van der Waals surface area contributed by atoms with Crippen LogP contribution in [0.15, 0.2) is 41.4 Å². The van der Waals surface area contributed by atoms with E-state index in [0.29, 0.717) is 32.1 Å². The number of imidazole rings is 1. The highest BCUT2D eigenvalue weighted by Gasteiger charge is 2.27. The highest BCUT2D eigenvalue weighted by atomic mass is 32.2. The number of morpholine rings is 1. The Morgan fingerprint density at radius 3 is 2.77 bits per heavy atom. The molecular weight excluding hydrogens is 420 g/mol. The Labute approximate surface area is 184 Å². The van der Waals surface area contributed by atoms with Crippen molar-refractivity contribution in [2.75, 3.05) is 38.3 Å². The summed E-state index contributed by atoms with van der Waals surface area (Å²) >= 11 is 3.15. The molecule has 1 N–H and O–H groups in total.